The maximum absolute atomic E-state index is 13.4. The zero-order valence-electron chi connectivity index (χ0n) is 14.8. The number of hydrogen-bond acceptors (Lipinski definition) is 3. The van der Waals surface area contributed by atoms with Crippen molar-refractivity contribution in [1.82, 2.24) is 14.8 Å². The van der Waals surface area contributed by atoms with E-state index in [-0.39, 0.29) is 11.6 Å². The monoisotopic (exact) mass is 470 g/mol. The highest BCUT2D eigenvalue weighted by molar-refractivity contribution is 9.10. The number of rotatable bonds is 4. The van der Waals surface area contributed by atoms with Crippen LogP contribution in [0.5, 0.6) is 0 Å². The van der Waals surface area contributed by atoms with Crippen molar-refractivity contribution in [3.8, 4) is 17.1 Å². The summed E-state index contributed by atoms with van der Waals surface area (Å²) < 4.78 is 15.8. The Morgan fingerprint density at radius 3 is 2.38 bits per heavy atom. The van der Waals surface area contributed by atoms with Crippen molar-refractivity contribution in [3.05, 3.63) is 93.9 Å². The molecular weight excluding hydrogens is 459 g/mol. The van der Waals surface area contributed by atoms with Crippen molar-refractivity contribution >= 4 is 39.1 Å². The second kappa shape index (κ2) is 8.14. The zero-order valence-corrected chi connectivity index (χ0v) is 17.2. The molecule has 0 saturated heterocycles. The molecule has 0 atom stereocenters. The molecule has 4 rings (SSSR count). The molecule has 5 nitrogen and oxygen atoms in total. The number of carbonyl (C=O) groups excluding carboxylic acids is 1. The van der Waals surface area contributed by atoms with Gasteiger partial charge in [-0.1, -0.05) is 39.7 Å². The Morgan fingerprint density at radius 1 is 1.00 bits per heavy atom. The average molecular weight is 472 g/mol. The van der Waals surface area contributed by atoms with Crippen LogP contribution in [0.4, 0.5) is 10.1 Å². The molecule has 1 amide bonds. The van der Waals surface area contributed by atoms with Gasteiger partial charge < -0.3 is 5.32 Å². The van der Waals surface area contributed by atoms with Gasteiger partial charge in [-0.25, -0.2) is 14.1 Å². The summed E-state index contributed by atoms with van der Waals surface area (Å²) in [5.41, 5.74) is 1.79. The Morgan fingerprint density at radius 2 is 1.69 bits per heavy atom. The van der Waals surface area contributed by atoms with E-state index in [0.29, 0.717) is 27.8 Å². The number of amides is 1. The normalized spacial score (nSPS) is 10.7. The number of anilines is 1. The third-order valence-corrected chi connectivity index (χ3v) is 4.96. The minimum absolute atomic E-state index is 0.0350. The zero-order chi connectivity index (χ0) is 20.4. The van der Waals surface area contributed by atoms with Crippen LogP contribution in [0.3, 0.4) is 0 Å². The molecule has 0 bridgehead atoms. The van der Waals surface area contributed by atoms with Gasteiger partial charge in [-0.3, -0.25) is 4.79 Å². The maximum atomic E-state index is 13.4. The van der Waals surface area contributed by atoms with E-state index in [4.69, 9.17) is 11.6 Å². The van der Waals surface area contributed by atoms with Crippen LogP contribution in [0.1, 0.15) is 10.6 Å². The van der Waals surface area contributed by atoms with Crippen LogP contribution in [0.2, 0.25) is 5.02 Å². The van der Waals surface area contributed by atoms with Crippen molar-refractivity contribution < 1.29 is 9.18 Å². The highest BCUT2D eigenvalue weighted by Gasteiger charge is 2.19. The molecule has 0 fully saturated rings. The number of aromatic nitrogens is 3. The van der Waals surface area contributed by atoms with E-state index < -0.39 is 5.91 Å². The minimum Gasteiger partial charge on any atom is -0.318 e. The van der Waals surface area contributed by atoms with Gasteiger partial charge in [0.2, 0.25) is 5.82 Å². The van der Waals surface area contributed by atoms with E-state index in [1.54, 1.807) is 41.1 Å². The number of halogens is 3. The molecule has 29 heavy (non-hydrogen) atoms. The van der Waals surface area contributed by atoms with Gasteiger partial charge in [0.25, 0.3) is 5.91 Å². The number of nitrogens with zero attached hydrogens (tertiary/aromatic N) is 3. The summed E-state index contributed by atoms with van der Waals surface area (Å²) in [7, 11) is 0. The first-order valence-corrected chi connectivity index (χ1v) is 9.73. The Hall–Kier alpha value is -3.03. The van der Waals surface area contributed by atoms with Gasteiger partial charge >= 0.3 is 0 Å². The summed E-state index contributed by atoms with van der Waals surface area (Å²) in [5.74, 6) is -0.485. The van der Waals surface area contributed by atoms with E-state index in [2.05, 4.69) is 31.3 Å². The molecule has 0 saturated carbocycles. The molecule has 1 heterocycles. The van der Waals surface area contributed by atoms with Crippen molar-refractivity contribution in [3.63, 3.8) is 0 Å². The van der Waals surface area contributed by atoms with E-state index in [9.17, 15) is 9.18 Å². The van der Waals surface area contributed by atoms with Crippen molar-refractivity contribution in [2.45, 2.75) is 0 Å². The molecule has 0 aliphatic heterocycles. The predicted octanol–water partition coefficient (Wildman–Crippen LogP) is 5.74. The number of carbonyl (C=O) groups is 1. The van der Waals surface area contributed by atoms with Crippen molar-refractivity contribution in [2.24, 2.45) is 0 Å². The molecule has 0 spiro atoms. The van der Waals surface area contributed by atoms with Crippen molar-refractivity contribution in [1.29, 1.82) is 0 Å². The second-order valence-corrected chi connectivity index (χ2v) is 7.41. The first-order chi connectivity index (χ1) is 14.0. The van der Waals surface area contributed by atoms with Gasteiger partial charge in [-0.15, -0.1) is 5.10 Å². The first-order valence-electron chi connectivity index (χ1n) is 8.56. The highest BCUT2D eigenvalue weighted by Crippen LogP contribution is 2.24. The largest absolute Gasteiger partial charge is 0.318 e. The van der Waals surface area contributed by atoms with E-state index in [1.807, 2.05) is 24.3 Å². The van der Waals surface area contributed by atoms with Crippen molar-refractivity contribution in [2.75, 3.05) is 5.32 Å². The standard InChI is InChI=1S/C21H13BrClFN4O/c22-14-7-11-16(12-8-14)28-20(13-5-9-15(24)10-6-13)26-19(27-28)21(29)25-18-4-2-1-3-17(18)23/h1-12H,(H,25,29). The number of hydrogen-bond donors (Lipinski definition) is 1. The molecule has 1 N–H and O–H groups in total. The summed E-state index contributed by atoms with van der Waals surface area (Å²) in [4.78, 5) is 17.1. The Bertz CT molecular complexity index is 1110. The molecule has 0 radical (unpaired) electrons. The smallest absolute Gasteiger partial charge is 0.295 e. The fourth-order valence-electron chi connectivity index (χ4n) is 2.70. The second-order valence-electron chi connectivity index (χ2n) is 6.09. The number of para-hydroxylation sites is 1. The lowest BCUT2D eigenvalue weighted by Gasteiger charge is -2.06. The lowest BCUT2D eigenvalue weighted by atomic mass is 10.2. The van der Waals surface area contributed by atoms with Gasteiger partial charge in [-0.05, 0) is 60.7 Å². The van der Waals surface area contributed by atoms with Crippen LogP contribution >= 0.6 is 27.5 Å². The molecular formula is C21H13BrClFN4O. The van der Waals surface area contributed by atoms with Gasteiger partial charge in [0.15, 0.2) is 5.82 Å². The number of nitrogens with one attached hydrogen (secondary N) is 1. The molecule has 0 unspecified atom stereocenters. The minimum atomic E-state index is -0.502. The summed E-state index contributed by atoms with van der Waals surface area (Å²) >= 11 is 9.51. The highest BCUT2D eigenvalue weighted by atomic mass is 79.9. The predicted molar refractivity (Wildman–Crippen MR) is 114 cm³/mol. The SMILES string of the molecule is O=C(Nc1ccccc1Cl)c1nc(-c2ccc(F)cc2)n(-c2ccc(Br)cc2)n1. The molecule has 0 aliphatic rings. The van der Waals surface area contributed by atoms with Crippen LogP contribution in [0.15, 0.2) is 77.3 Å². The lowest BCUT2D eigenvalue weighted by molar-refractivity contribution is 0.101. The van der Waals surface area contributed by atoms with Gasteiger partial charge in [0.1, 0.15) is 5.82 Å². The molecule has 4 aromatic rings. The fraction of sp³-hybridized carbons (Fsp3) is 0. The summed E-state index contributed by atoms with van der Waals surface area (Å²) in [6.07, 6.45) is 0. The molecule has 0 aliphatic carbocycles. The first kappa shape index (κ1) is 19.3. The Labute approximate surface area is 179 Å². The fourth-order valence-corrected chi connectivity index (χ4v) is 3.14. The topological polar surface area (TPSA) is 59.8 Å². The maximum Gasteiger partial charge on any atom is 0.295 e. The van der Waals surface area contributed by atoms with Gasteiger partial charge in [0.05, 0.1) is 16.4 Å². The third-order valence-electron chi connectivity index (χ3n) is 4.11. The Kier molecular flexibility index (Phi) is 5.42. The Balaban J connectivity index is 1.76. The molecule has 8 heteroatoms. The van der Waals surface area contributed by atoms with Gasteiger partial charge in [-0.2, -0.15) is 0 Å². The average Bonchev–Trinajstić information content (AvgIpc) is 3.16. The van der Waals surface area contributed by atoms with Crippen LogP contribution in [-0.2, 0) is 0 Å². The summed E-state index contributed by atoms with van der Waals surface area (Å²) in [6, 6.07) is 20.1. The summed E-state index contributed by atoms with van der Waals surface area (Å²) in [5, 5.41) is 7.50. The third kappa shape index (κ3) is 4.21. The number of benzene rings is 3. The van der Waals surface area contributed by atoms with Crippen LogP contribution < -0.4 is 5.32 Å². The molecule has 3 aromatic carbocycles. The van der Waals surface area contributed by atoms with E-state index in [1.165, 1.54) is 12.1 Å². The van der Waals surface area contributed by atoms with Crippen LogP contribution in [-0.4, -0.2) is 20.7 Å². The van der Waals surface area contributed by atoms with Gasteiger partial charge in [0, 0.05) is 10.0 Å². The molecule has 144 valence electrons. The van der Waals surface area contributed by atoms with Crippen LogP contribution in [0.25, 0.3) is 17.1 Å². The van der Waals surface area contributed by atoms with E-state index >= 15 is 0 Å². The lowest BCUT2D eigenvalue weighted by Crippen LogP contribution is -2.14. The summed E-state index contributed by atoms with van der Waals surface area (Å²) in [6.45, 7) is 0. The van der Waals surface area contributed by atoms with Crippen LogP contribution in [0, 0.1) is 5.82 Å². The molecule has 1 aromatic heterocycles. The quantitative estimate of drug-likeness (QED) is 0.413. The van der Waals surface area contributed by atoms with E-state index in [0.717, 1.165) is 4.47 Å².